The Kier molecular flexibility index (Phi) is 2.80. The second kappa shape index (κ2) is 4.36. The summed E-state index contributed by atoms with van der Waals surface area (Å²) in [5, 5.41) is 9.28. The van der Waals surface area contributed by atoms with Gasteiger partial charge in [0.1, 0.15) is 11.5 Å². The van der Waals surface area contributed by atoms with E-state index in [1.165, 1.54) is 6.20 Å². The van der Waals surface area contributed by atoms with Gasteiger partial charge in [-0.1, -0.05) is 0 Å². The lowest BCUT2D eigenvalue weighted by Crippen LogP contribution is -2.57. The molecule has 0 radical (unpaired) electrons. The molecule has 2 saturated heterocycles. The monoisotopic (exact) mass is 263 g/mol. The molecule has 4 rings (SSSR count). The fraction of sp³-hybridized carbons (Fsp3) is 0.615. The molecule has 6 nitrogen and oxygen atoms in total. The standard InChI is InChI=1S/C13H17N3O3/c1-7-14-5-10(15-7)12(17)16-6-8-2-3-11(16)9(4-8)13(18)19/h5,8-9,11H,2-4,6H2,1H3,(H,14,15)(H,18,19). The van der Waals surface area contributed by atoms with Crippen molar-refractivity contribution in [1.82, 2.24) is 14.9 Å². The number of nitrogens with zero attached hydrogens (tertiary/aromatic N) is 2. The smallest absolute Gasteiger partial charge is 0.308 e. The first-order chi connectivity index (χ1) is 9.06. The molecular weight excluding hydrogens is 246 g/mol. The predicted octanol–water partition coefficient (Wildman–Crippen LogP) is 1.04. The van der Waals surface area contributed by atoms with Crippen molar-refractivity contribution in [3.05, 3.63) is 17.7 Å². The van der Waals surface area contributed by atoms with Crippen LogP contribution in [0.4, 0.5) is 0 Å². The average molecular weight is 263 g/mol. The van der Waals surface area contributed by atoms with Crippen LogP contribution in [0.15, 0.2) is 6.20 Å². The summed E-state index contributed by atoms with van der Waals surface area (Å²) in [5.41, 5.74) is 0.453. The highest BCUT2D eigenvalue weighted by molar-refractivity contribution is 5.93. The lowest BCUT2D eigenvalue weighted by molar-refractivity contribution is -0.148. The third-order valence-electron chi connectivity index (χ3n) is 4.29. The summed E-state index contributed by atoms with van der Waals surface area (Å²) in [6.07, 6.45) is 4.04. The Hall–Kier alpha value is -1.85. The highest BCUT2D eigenvalue weighted by Crippen LogP contribution is 2.39. The molecular formula is C13H17N3O3. The highest BCUT2D eigenvalue weighted by Gasteiger charge is 2.46. The summed E-state index contributed by atoms with van der Waals surface area (Å²) in [6.45, 7) is 2.46. The van der Waals surface area contributed by atoms with Crippen LogP contribution in [0.2, 0.25) is 0 Å². The van der Waals surface area contributed by atoms with Crippen molar-refractivity contribution >= 4 is 11.9 Å². The van der Waals surface area contributed by atoms with Crippen molar-refractivity contribution in [2.75, 3.05) is 6.54 Å². The minimum absolute atomic E-state index is 0.124. The molecule has 19 heavy (non-hydrogen) atoms. The van der Waals surface area contributed by atoms with Gasteiger partial charge in [-0.15, -0.1) is 0 Å². The van der Waals surface area contributed by atoms with E-state index in [2.05, 4.69) is 9.97 Å². The number of amides is 1. The third kappa shape index (κ3) is 2.01. The van der Waals surface area contributed by atoms with Gasteiger partial charge in [-0.05, 0) is 32.1 Å². The Bertz CT molecular complexity index is 525. The summed E-state index contributed by atoms with van der Waals surface area (Å²) < 4.78 is 0. The number of nitrogens with one attached hydrogen (secondary N) is 1. The van der Waals surface area contributed by atoms with Crippen molar-refractivity contribution in [2.45, 2.75) is 32.2 Å². The molecule has 102 valence electrons. The molecule has 2 N–H and O–H groups in total. The van der Waals surface area contributed by atoms with Gasteiger partial charge in [0.05, 0.1) is 12.1 Å². The van der Waals surface area contributed by atoms with Crippen molar-refractivity contribution in [3.8, 4) is 0 Å². The van der Waals surface area contributed by atoms with Gasteiger partial charge in [-0.2, -0.15) is 0 Å². The van der Waals surface area contributed by atoms with Crippen molar-refractivity contribution in [1.29, 1.82) is 0 Å². The van der Waals surface area contributed by atoms with Crippen LogP contribution in [-0.4, -0.2) is 44.4 Å². The number of carbonyl (C=O) groups is 2. The lowest BCUT2D eigenvalue weighted by atomic mass is 9.72. The number of carboxylic acids is 1. The van der Waals surface area contributed by atoms with Gasteiger partial charge in [-0.25, -0.2) is 4.98 Å². The number of aromatic amines is 1. The summed E-state index contributed by atoms with van der Waals surface area (Å²) in [7, 11) is 0. The molecule has 3 atom stereocenters. The second-order valence-corrected chi connectivity index (χ2v) is 5.53. The Labute approximate surface area is 110 Å². The fourth-order valence-corrected chi connectivity index (χ4v) is 3.38. The first-order valence-electron chi connectivity index (χ1n) is 6.61. The summed E-state index contributed by atoms with van der Waals surface area (Å²) >= 11 is 0. The number of piperidine rings is 2. The number of hydrogen-bond donors (Lipinski definition) is 2. The molecule has 1 aromatic heterocycles. The van der Waals surface area contributed by atoms with Crippen LogP contribution in [0.3, 0.4) is 0 Å². The molecule has 1 aliphatic carbocycles. The molecule has 0 aromatic carbocycles. The van der Waals surface area contributed by atoms with Gasteiger partial charge in [0, 0.05) is 12.6 Å². The van der Waals surface area contributed by atoms with Crippen LogP contribution in [0.5, 0.6) is 0 Å². The Balaban J connectivity index is 1.85. The average Bonchev–Trinajstić information content (AvgIpc) is 2.85. The third-order valence-corrected chi connectivity index (χ3v) is 4.29. The van der Waals surface area contributed by atoms with E-state index in [1.54, 1.807) is 11.8 Å². The zero-order chi connectivity index (χ0) is 13.6. The molecule has 2 bridgehead atoms. The van der Waals surface area contributed by atoms with Gasteiger partial charge < -0.3 is 15.0 Å². The number of aryl methyl sites for hydroxylation is 1. The summed E-state index contributed by atoms with van der Waals surface area (Å²) in [6, 6.07) is -0.168. The van der Waals surface area contributed by atoms with Crippen LogP contribution in [0, 0.1) is 18.8 Å². The molecule has 1 aromatic rings. The van der Waals surface area contributed by atoms with Crippen molar-refractivity contribution in [3.63, 3.8) is 0 Å². The van der Waals surface area contributed by atoms with E-state index in [0.717, 1.165) is 12.8 Å². The van der Waals surface area contributed by atoms with E-state index in [1.807, 2.05) is 0 Å². The molecule has 3 heterocycles. The zero-order valence-electron chi connectivity index (χ0n) is 10.8. The van der Waals surface area contributed by atoms with Gasteiger partial charge in [-0.3, -0.25) is 9.59 Å². The van der Waals surface area contributed by atoms with E-state index < -0.39 is 11.9 Å². The maximum absolute atomic E-state index is 12.4. The maximum atomic E-state index is 12.4. The molecule has 2 aliphatic heterocycles. The van der Waals surface area contributed by atoms with Crippen LogP contribution < -0.4 is 0 Å². The predicted molar refractivity (Wildman–Crippen MR) is 66.6 cm³/mol. The second-order valence-electron chi connectivity index (χ2n) is 5.53. The maximum Gasteiger partial charge on any atom is 0.308 e. The van der Waals surface area contributed by atoms with Gasteiger partial charge in [0.2, 0.25) is 0 Å². The largest absolute Gasteiger partial charge is 0.481 e. The Morgan fingerprint density at radius 1 is 1.47 bits per heavy atom. The number of hydrogen-bond acceptors (Lipinski definition) is 3. The Morgan fingerprint density at radius 2 is 2.26 bits per heavy atom. The highest BCUT2D eigenvalue weighted by atomic mass is 16.4. The molecule has 3 fully saturated rings. The number of aliphatic carboxylic acids is 1. The first-order valence-corrected chi connectivity index (χ1v) is 6.61. The van der Waals surface area contributed by atoms with E-state index in [9.17, 15) is 14.7 Å². The number of aromatic nitrogens is 2. The van der Waals surface area contributed by atoms with Crippen LogP contribution >= 0.6 is 0 Å². The topological polar surface area (TPSA) is 86.3 Å². The molecule has 3 aliphatic rings. The molecule has 0 spiro atoms. The lowest BCUT2D eigenvalue weighted by Gasteiger charge is -2.48. The zero-order valence-corrected chi connectivity index (χ0v) is 10.8. The number of rotatable bonds is 2. The minimum atomic E-state index is -0.784. The van der Waals surface area contributed by atoms with Crippen LogP contribution in [0.1, 0.15) is 35.6 Å². The van der Waals surface area contributed by atoms with Crippen molar-refractivity contribution in [2.24, 2.45) is 11.8 Å². The number of H-pyrrole nitrogens is 1. The molecule has 3 unspecified atom stereocenters. The number of fused-ring (bicyclic) bond motifs is 3. The van der Waals surface area contributed by atoms with E-state index in [4.69, 9.17) is 0 Å². The normalized spacial score (nSPS) is 29.5. The van der Waals surface area contributed by atoms with Crippen LogP contribution in [0.25, 0.3) is 0 Å². The molecule has 1 amide bonds. The molecule has 1 saturated carbocycles. The number of carbonyl (C=O) groups excluding carboxylic acids is 1. The van der Waals surface area contributed by atoms with E-state index in [-0.39, 0.29) is 11.9 Å². The van der Waals surface area contributed by atoms with Gasteiger partial charge >= 0.3 is 5.97 Å². The van der Waals surface area contributed by atoms with Gasteiger partial charge in [0.25, 0.3) is 5.91 Å². The SMILES string of the molecule is Cc1ncc(C(=O)N2CC3CCC2C(C(=O)O)C3)[nH]1. The number of imidazole rings is 1. The first kappa shape index (κ1) is 12.2. The van der Waals surface area contributed by atoms with Crippen LogP contribution in [-0.2, 0) is 4.79 Å². The van der Waals surface area contributed by atoms with E-state index in [0.29, 0.717) is 30.4 Å². The summed E-state index contributed by atoms with van der Waals surface area (Å²) in [5.74, 6) is -0.311. The summed E-state index contributed by atoms with van der Waals surface area (Å²) in [4.78, 5) is 32.4. The van der Waals surface area contributed by atoms with Crippen molar-refractivity contribution < 1.29 is 14.7 Å². The van der Waals surface area contributed by atoms with Gasteiger partial charge in [0.15, 0.2) is 0 Å². The number of carboxylic acid groups (broad SMARTS) is 1. The van der Waals surface area contributed by atoms with E-state index >= 15 is 0 Å². The minimum Gasteiger partial charge on any atom is -0.481 e. The molecule has 6 heteroatoms. The Morgan fingerprint density at radius 3 is 2.84 bits per heavy atom. The quantitative estimate of drug-likeness (QED) is 0.834. The fourth-order valence-electron chi connectivity index (χ4n) is 3.38.